The Morgan fingerprint density at radius 1 is 1.12 bits per heavy atom. The van der Waals surface area contributed by atoms with Gasteiger partial charge in [0.25, 0.3) is 8.32 Å². The van der Waals surface area contributed by atoms with Gasteiger partial charge >= 0.3 is 0 Å². The molecule has 0 N–H and O–H groups in total. The first-order valence-corrected chi connectivity index (χ1v) is 18.9. The molecule has 2 aliphatic carbocycles. The van der Waals surface area contributed by atoms with E-state index in [0.717, 1.165) is 37.3 Å². The van der Waals surface area contributed by atoms with E-state index >= 15 is 0 Å². The molecule has 4 aliphatic rings. The lowest BCUT2D eigenvalue weighted by molar-refractivity contribution is -0.177. The molecule has 0 radical (unpaired) electrons. The predicted octanol–water partition coefficient (Wildman–Crippen LogP) is 5.28. The molecule has 1 aromatic carbocycles. The van der Waals surface area contributed by atoms with Gasteiger partial charge in [-0.1, -0.05) is 26.8 Å². The molecule has 2 aliphatic heterocycles. The van der Waals surface area contributed by atoms with Crippen LogP contribution in [-0.2, 0) is 21.1 Å². The lowest BCUT2D eigenvalue weighted by Gasteiger charge is -2.65. The van der Waals surface area contributed by atoms with Crippen LogP contribution < -0.4 is 9.16 Å². The summed E-state index contributed by atoms with van der Waals surface area (Å²) in [4.78, 5) is 15.9. The SMILES string of the molecule is CN1CC[C@]23c4c5ccc(O[Si](C)(C)C(C)(C)C)c4O[C@H]2C(=O)CC[C@@]3(O[Si](C)(C)C)[C@H]1C5. The van der Waals surface area contributed by atoms with E-state index in [9.17, 15) is 4.79 Å². The first-order chi connectivity index (χ1) is 15.1. The standard InChI is InChI=1S/C26H41NO4Si2/c1-24(2,3)33(8,9)30-19-11-10-17-16-20-26(31-32(5,6)7)13-12-18(28)23-25(26,14-15-27(20)4)21(17)22(19)29-23/h10-11,20,23H,12-16H2,1-9H3/t20-,23+,25+,26-/m1/s1. The summed E-state index contributed by atoms with van der Waals surface area (Å²) in [5.41, 5.74) is 1.77. The number of likely N-dealkylation sites (tertiary alicyclic amines) is 1. The lowest BCUT2D eigenvalue weighted by Crippen LogP contribution is -2.78. The highest BCUT2D eigenvalue weighted by Crippen LogP contribution is 2.66. The van der Waals surface area contributed by atoms with Crippen molar-refractivity contribution in [3.63, 3.8) is 0 Å². The third-order valence-electron chi connectivity index (χ3n) is 9.13. The number of nitrogens with zero attached hydrogens (tertiary/aromatic N) is 1. The lowest BCUT2D eigenvalue weighted by atomic mass is 9.49. The molecule has 0 amide bonds. The van der Waals surface area contributed by atoms with Gasteiger partial charge in [-0.2, -0.15) is 0 Å². The van der Waals surface area contributed by atoms with Crippen molar-refractivity contribution in [2.24, 2.45) is 0 Å². The van der Waals surface area contributed by atoms with E-state index in [1.54, 1.807) is 0 Å². The second kappa shape index (κ2) is 6.96. The molecule has 2 bridgehead atoms. The molecule has 0 aromatic heterocycles. The molecule has 1 spiro atoms. The zero-order valence-electron chi connectivity index (χ0n) is 21.9. The largest absolute Gasteiger partial charge is 0.541 e. The van der Waals surface area contributed by atoms with E-state index in [-0.39, 0.29) is 22.5 Å². The highest BCUT2D eigenvalue weighted by molar-refractivity contribution is 6.74. The second-order valence-electron chi connectivity index (χ2n) is 13.3. The molecule has 1 aromatic rings. The summed E-state index contributed by atoms with van der Waals surface area (Å²) >= 11 is 0. The third kappa shape index (κ3) is 3.11. The Morgan fingerprint density at radius 2 is 1.82 bits per heavy atom. The van der Waals surface area contributed by atoms with Crippen LogP contribution in [0.2, 0.25) is 37.8 Å². The summed E-state index contributed by atoms with van der Waals surface area (Å²) in [5.74, 6) is 1.90. The van der Waals surface area contributed by atoms with Gasteiger partial charge in [0, 0.05) is 18.0 Å². The van der Waals surface area contributed by atoms with Crippen LogP contribution in [0.4, 0.5) is 0 Å². The Bertz CT molecular complexity index is 1010. The van der Waals surface area contributed by atoms with Crippen LogP contribution in [0.1, 0.15) is 51.2 Å². The van der Waals surface area contributed by atoms with Crippen LogP contribution in [-0.4, -0.2) is 58.7 Å². The predicted molar refractivity (Wildman–Crippen MR) is 137 cm³/mol. The molecule has 2 fully saturated rings. The number of hydrogen-bond acceptors (Lipinski definition) is 5. The molecule has 5 nitrogen and oxygen atoms in total. The molecule has 5 rings (SSSR count). The summed E-state index contributed by atoms with van der Waals surface area (Å²) < 4.78 is 20.8. The van der Waals surface area contributed by atoms with Crippen molar-refractivity contribution < 1.29 is 18.4 Å². The van der Waals surface area contributed by atoms with Crippen molar-refractivity contribution in [2.45, 2.75) is 107 Å². The number of carbonyl (C=O) groups is 1. The van der Waals surface area contributed by atoms with E-state index in [2.05, 4.69) is 77.6 Å². The number of hydrogen-bond donors (Lipinski definition) is 0. The maximum Gasteiger partial charge on any atom is 0.250 e. The molecular formula is C26H41NO4Si2. The number of ether oxygens (including phenoxy) is 1. The van der Waals surface area contributed by atoms with E-state index in [1.165, 1.54) is 11.1 Å². The summed E-state index contributed by atoms with van der Waals surface area (Å²) in [5, 5.41) is 0.0818. The number of ketones is 1. The molecule has 2 heterocycles. The van der Waals surface area contributed by atoms with Crippen molar-refractivity contribution >= 4 is 22.4 Å². The molecule has 1 saturated carbocycles. The zero-order chi connectivity index (χ0) is 24.2. The number of carbonyl (C=O) groups excluding carboxylic acids is 1. The van der Waals surface area contributed by atoms with Crippen LogP contribution >= 0.6 is 0 Å². The monoisotopic (exact) mass is 487 g/mol. The van der Waals surface area contributed by atoms with Crippen molar-refractivity contribution in [1.82, 2.24) is 4.90 Å². The number of rotatable bonds is 4. The Morgan fingerprint density at radius 3 is 2.45 bits per heavy atom. The topological polar surface area (TPSA) is 48.0 Å². The summed E-state index contributed by atoms with van der Waals surface area (Å²) in [7, 11) is -1.75. The number of piperidine rings is 1. The molecule has 33 heavy (non-hydrogen) atoms. The molecule has 4 atom stereocenters. The van der Waals surface area contributed by atoms with Crippen molar-refractivity contribution in [3.8, 4) is 11.5 Å². The minimum absolute atomic E-state index is 0.0818. The highest BCUT2D eigenvalue weighted by atomic mass is 28.4. The van der Waals surface area contributed by atoms with Gasteiger partial charge in [0.05, 0.1) is 11.0 Å². The normalized spacial score (nSPS) is 33.5. The average molecular weight is 488 g/mol. The first kappa shape index (κ1) is 23.6. The summed E-state index contributed by atoms with van der Waals surface area (Å²) in [6, 6.07) is 4.62. The molecule has 1 saturated heterocycles. The Labute approximate surface area is 201 Å². The number of Topliss-reactive ketones (excluding diaryl/α,β-unsaturated/α-hetero) is 1. The fraction of sp³-hybridized carbons (Fsp3) is 0.731. The van der Waals surface area contributed by atoms with Gasteiger partial charge in [0.2, 0.25) is 0 Å². The maximum absolute atomic E-state index is 13.5. The molecule has 7 heteroatoms. The molecule has 0 unspecified atom stereocenters. The van der Waals surface area contributed by atoms with Crippen molar-refractivity contribution in [2.75, 3.05) is 13.6 Å². The molecular weight excluding hydrogens is 446 g/mol. The maximum atomic E-state index is 13.5. The first-order valence-electron chi connectivity index (χ1n) is 12.6. The van der Waals surface area contributed by atoms with Crippen LogP contribution in [0, 0.1) is 0 Å². The van der Waals surface area contributed by atoms with Crippen LogP contribution in [0.25, 0.3) is 0 Å². The van der Waals surface area contributed by atoms with E-state index < -0.39 is 28.2 Å². The van der Waals surface area contributed by atoms with Gasteiger partial charge in [0.15, 0.2) is 26.0 Å². The fourth-order valence-electron chi connectivity index (χ4n) is 6.76. The van der Waals surface area contributed by atoms with Crippen LogP contribution in [0.3, 0.4) is 0 Å². The summed E-state index contributed by atoms with van der Waals surface area (Å²) in [6.45, 7) is 19.1. The Hall–Kier alpha value is -1.16. The zero-order valence-corrected chi connectivity index (χ0v) is 23.9. The van der Waals surface area contributed by atoms with Gasteiger partial charge in [0.1, 0.15) is 5.75 Å². The van der Waals surface area contributed by atoms with E-state index in [4.69, 9.17) is 13.6 Å². The van der Waals surface area contributed by atoms with Crippen molar-refractivity contribution in [1.29, 1.82) is 0 Å². The quantitative estimate of drug-likeness (QED) is 0.541. The second-order valence-corrected chi connectivity index (χ2v) is 22.4. The third-order valence-corrected chi connectivity index (χ3v) is 14.4. The summed E-state index contributed by atoms with van der Waals surface area (Å²) in [6.07, 6.45) is 2.69. The Balaban J connectivity index is 1.74. The van der Waals surface area contributed by atoms with E-state index in [0.29, 0.717) is 6.42 Å². The highest BCUT2D eigenvalue weighted by Gasteiger charge is 2.74. The van der Waals surface area contributed by atoms with Crippen molar-refractivity contribution in [3.05, 3.63) is 23.3 Å². The number of benzene rings is 1. The van der Waals surface area contributed by atoms with E-state index in [1.807, 2.05) is 0 Å². The molecule has 182 valence electrons. The average Bonchev–Trinajstić information content (AvgIpc) is 3.02. The van der Waals surface area contributed by atoms with Gasteiger partial charge < -0.3 is 18.5 Å². The minimum atomic E-state index is -2.07. The minimum Gasteiger partial charge on any atom is -0.541 e. The smallest absolute Gasteiger partial charge is 0.250 e. The van der Waals surface area contributed by atoms with Gasteiger partial charge in [-0.3, -0.25) is 4.79 Å². The Kier molecular flexibility index (Phi) is 4.97. The van der Waals surface area contributed by atoms with Gasteiger partial charge in [-0.25, -0.2) is 0 Å². The van der Waals surface area contributed by atoms with Crippen LogP contribution in [0.5, 0.6) is 11.5 Å². The fourth-order valence-corrected chi connectivity index (χ4v) is 9.29. The number of likely N-dealkylation sites (N-methyl/N-ethyl adjacent to an activating group) is 1. The van der Waals surface area contributed by atoms with Gasteiger partial charge in [-0.05, 0) is 82.3 Å². The van der Waals surface area contributed by atoms with Crippen LogP contribution in [0.15, 0.2) is 12.1 Å². The van der Waals surface area contributed by atoms with Gasteiger partial charge in [-0.15, -0.1) is 0 Å².